The van der Waals surface area contributed by atoms with Crippen molar-refractivity contribution in [2.75, 3.05) is 7.05 Å². The van der Waals surface area contributed by atoms with Crippen LogP contribution in [0.5, 0.6) is 0 Å². The molecule has 19 heavy (non-hydrogen) atoms. The number of rotatable bonds is 5. The minimum absolute atomic E-state index is 0.0609. The number of hydrogen-bond acceptors (Lipinski definition) is 2. The average Bonchev–Trinajstić information content (AvgIpc) is 2.76. The van der Waals surface area contributed by atoms with Crippen molar-refractivity contribution in [3.63, 3.8) is 0 Å². The van der Waals surface area contributed by atoms with Gasteiger partial charge in [-0.3, -0.25) is 4.68 Å². The summed E-state index contributed by atoms with van der Waals surface area (Å²) in [5.41, 5.74) is 1.21. The first-order chi connectivity index (χ1) is 9.13. The van der Waals surface area contributed by atoms with Crippen LogP contribution in [0.3, 0.4) is 0 Å². The SMILES string of the molecule is CNCc1cnn(Cc2ccccc2Cl)c1C(F)F. The molecule has 0 amide bonds. The van der Waals surface area contributed by atoms with Gasteiger partial charge in [0.05, 0.1) is 12.7 Å². The Kier molecular flexibility index (Phi) is 4.50. The number of aromatic nitrogens is 2. The summed E-state index contributed by atoms with van der Waals surface area (Å²) in [4.78, 5) is 0. The molecule has 0 atom stereocenters. The molecule has 0 aliphatic rings. The third kappa shape index (κ3) is 3.11. The van der Waals surface area contributed by atoms with E-state index in [9.17, 15) is 8.78 Å². The van der Waals surface area contributed by atoms with Gasteiger partial charge in [-0.2, -0.15) is 5.10 Å². The minimum atomic E-state index is -2.56. The third-order valence-corrected chi connectivity index (χ3v) is 3.18. The fourth-order valence-corrected chi connectivity index (χ4v) is 2.12. The Hall–Kier alpha value is -1.46. The summed E-state index contributed by atoms with van der Waals surface area (Å²) in [7, 11) is 1.71. The van der Waals surface area contributed by atoms with Crippen molar-refractivity contribution in [3.05, 3.63) is 52.3 Å². The van der Waals surface area contributed by atoms with Crippen LogP contribution in [-0.2, 0) is 13.1 Å². The fourth-order valence-electron chi connectivity index (χ4n) is 1.93. The molecule has 0 spiro atoms. The molecule has 1 N–H and O–H groups in total. The second kappa shape index (κ2) is 6.12. The van der Waals surface area contributed by atoms with E-state index in [-0.39, 0.29) is 12.2 Å². The molecule has 2 rings (SSSR count). The van der Waals surface area contributed by atoms with Crippen molar-refractivity contribution in [1.82, 2.24) is 15.1 Å². The number of nitrogens with zero attached hydrogens (tertiary/aromatic N) is 2. The van der Waals surface area contributed by atoms with Crippen molar-refractivity contribution < 1.29 is 8.78 Å². The lowest BCUT2D eigenvalue weighted by Crippen LogP contribution is -2.11. The van der Waals surface area contributed by atoms with Crippen LogP contribution in [0.25, 0.3) is 0 Å². The zero-order valence-electron chi connectivity index (χ0n) is 10.4. The highest BCUT2D eigenvalue weighted by atomic mass is 35.5. The molecular weight excluding hydrogens is 272 g/mol. The topological polar surface area (TPSA) is 29.9 Å². The van der Waals surface area contributed by atoms with Gasteiger partial charge in [-0.15, -0.1) is 0 Å². The molecule has 0 bridgehead atoms. The van der Waals surface area contributed by atoms with E-state index in [0.717, 1.165) is 5.56 Å². The Morgan fingerprint density at radius 2 is 2.05 bits per heavy atom. The van der Waals surface area contributed by atoms with Crippen LogP contribution in [0.1, 0.15) is 23.2 Å². The van der Waals surface area contributed by atoms with Gasteiger partial charge < -0.3 is 5.32 Å². The molecule has 0 saturated heterocycles. The van der Waals surface area contributed by atoms with Gasteiger partial charge >= 0.3 is 0 Å². The lowest BCUT2D eigenvalue weighted by atomic mass is 10.2. The van der Waals surface area contributed by atoms with Gasteiger partial charge in [-0.05, 0) is 18.7 Å². The van der Waals surface area contributed by atoms with E-state index in [1.165, 1.54) is 10.9 Å². The highest BCUT2D eigenvalue weighted by molar-refractivity contribution is 6.31. The lowest BCUT2D eigenvalue weighted by Gasteiger charge is -2.10. The van der Waals surface area contributed by atoms with E-state index in [2.05, 4.69) is 10.4 Å². The predicted molar refractivity (Wildman–Crippen MR) is 70.5 cm³/mol. The molecule has 0 aliphatic heterocycles. The average molecular weight is 286 g/mol. The third-order valence-electron chi connectivity index (χ3n) is 2.81. The molecule has 1 aromatic heterocycles. The zero-order chi connectivity index (χ0) is 13.8. The molecule has 1 aromatic carbocycles. The minimum Gasteiger partial charge on any atom is -0.316 e. The Labute approximate surface area is 115 Å². The van der Waals surface area contributed by atoms with Crippen LogP contribution in [0.4, 0.5) is 8.78 Å². The second-order valence-electron chi connectivity index (χ2n) is 4.14. The summed E-state index contributed by atoms with van der Waals surface area (Å²) in [6.07, 6.45) is -1.09. The van der Waals surface area contributed by atoms with E-state index >= 15 is 0 Å². The molecule has 6 heteroatoms. The van der Waals surface area contributed by atoms with Gasteiger partial charge in [0.15, 0.2) is 0 Å². The highest BCUT2D eigenvalue weighted by Crippen LogP contribution is 2.25. The first-order valence-electron chi connectivity index (χ1n) is 5.84. The summed E-state index contributed by atoms with van der Waals surface area (Å²) >= 11 is 6.03. The summed E-state index contributed by atoms with van der Waals surface area (Å²) < 4.78 is 27.6. The van der Waals surface area contributed by atoms with E-state index in [0.29, 0.717) is 17.1 Å². The molecule has 0 radical (unpaired) electrons. The maximum absolute atomic E-state index is 13.1. The number of benzene rings is 1. The zero-order valence-corrected chi connectivity index (χ0v) is 11.2. The van der Waals surface area contributed by atoms with Crippen molar-refractivity contribution in [3.8, 4) is 0 Å². The van der Waals surface area contributed by atoms with E-state index < -0.39 is 6.43 Å². The van der Waals surface area contributed by atoms with Crippen molar-refractivity contribution in [2.24, 2.45) is 0 Å². The maximum Gasteiger partial charge on any atom is 0.280 e. The standard InChI is InChI=1S/C13H14ClF2N3/c1-17-6-10-7-18-19(12(10)13(15)16)8-9-4-2-3-5-11(9)14/h2-5,7,13,17H,6,8H2,1H3. The summed E-state index contributed by atoms with van der Waals surface area (Å²) in [6.45, 7) is 0.602. The molecule has 2 aromatic rings. The molecular formula is C13H14ClF2N3. The fraction of sp³-hybridized carbons (Fsp3) is 0.308. The normalized spacial score (nSPS) is 11.2. The molecule has 0 saturated carbocycles. The lowest BCUT2D eigenvalue weighted by molar-refractivity contribution is 0.138. The largest absolute Gasteiger partial charge is 0.316 e. The molecule has 1 heterocycles. The summed E-state index contributed by atoms with van der Waals surface area (Å²) in [6, 6.07) is 7.16. The molecule has 0 fully saturated rings. The summed E-state index contributed by atoms with van der Waals surface area (Å²) in [5, 5.41) is 7.43. The number of hydrogen-bond donors (Lipinski definition) is 1. The quantitative estimate of drug-likeness (QED) is 0.914. The van der Waals surface area contributed by atoms with Crippen LogP contribution in [0.15, 0.2) is 30.5 Å². The maximum atomic E-state index is 13.1. The molecule has 102 valence electrons. The Bertz CT molecular complexity index is 555. The van der Waals surface area contributed by atoms with Crippen LogP contribution in [-0.4, -0.2) is 16.8 Å². The van der Waals surface area contributed by atoms with Gasteiger partial charge in [0.2, 0.25) is 0 Å². The van der Waals surface area contributed by atoms with E-state index in [1.807, 2.05) is 6.07 Å². The Morgan fingerprint density at radius 1 is 1.32 bits per heavy atom. The van der Waals surface area contributed by atoms with Gasteiger partial charge in [0.25, 0.3) is 6.43 Å². The van der Waals surface area contributed by atoms with Crippen LogP contribution in [0.2, 0.25) is 5.02 Å². The van der Waals surface area contributed by atoms with Crippen LogP contribution < -0.4 is 5.32 Å². The molecule has 0 aliphatic carbocycles. The Morgan fingerprint density at radius 3 is 2.68 bits per heavy atom. The van der Waals surface area contributed by atoms with Crippen LogP contribution in [0, 0.1) is 0 Å². The number of halogens is 3. The molecule has 0 unspecified atom stereocenters. The second-order valence-corrected chi connectivity index (χ2v) is 4.54. The number of alkyl halides is 2. The van der Waals surface area contributed by atoms with Crippen molar-refractivity contribution in [1.29, 1.82) is 0 Å². The van der Waals surface area contributed by atoms with E-state index in [4.69, 9.17) is 11.6 Å². The predicted octanol–water partition coefficient (Wildman–Crippen LogP) is 3.24. The van der Waals surface area contributed by atoms with Gasteiger partial charge in [0.1, 0.15) is 5.69 Å². The number of nitrogens with one attached hydrogen (secondary N) is 1. The van der Waals surface area contributed by atoms with E-state index in [1.54, 1.807) is 25.2 Å². The van der Waals surface area contributed by atoms with Crippen molar-refractivity contribution >= 4 is 11.6 Å². The highest BCUT2D eigenvalue weighted by Gasteiger charge is 2.19. The smallest absolute Gasteiger partial charge is 0.280 e. The molecule has 3 nitrogen and oxygen atoms in total. The van der Waals surface area contributed by atoms with Crippen LogP contribution >= 0.6 is 11.6 Å². The monoisotopic (exact) mass is 285 g/mol. The van der Waals surface area contributed by atoms with Gasteiger partial charge in [-0.25, -0.2) is 8.78 Å². The van der Waals surface area contributed by atoms with Gasteiger partial charge in [-0.1, -0.05) is 29.8 Å². The van der Waals surface area contributed by atoms with Crippen molar-refractivity contribution in [2.45, 2.75) is 19.5 Å². The van der Waals surface area contributed by atoms with Gasteiger partial charge in [0, 0.05) is 17.1 Å². The summed E-state index contributed by atoms with van der Waals surface area (Å²) in [5.74, 6) is 0. The Balaban J connectivity index is 2.33. The first-order valence-corrected chi connectivity index (χ1v) is 6.22. The first kappa shape index (κ1) is 14.0.